The van der Waals surface area contributed by atoms with Gasteiger partial charge in [-0.3, -0.25) is 0 Å². The molecule has 12 nitrogen and oxygen atoms in total. The van der Waals surface area contributed by atoms with Crippen LogP contribution >= 0.6 is 0 Å². The van der Waals surface area contributed by atoms with Gasteiger partial charge in [0.05, 0.1) is 74.9 Å². The van der Waals surface area contributed by atoms with Gasteiger partial charge in [0.2, 0.25) is 0 Å². The van der Waals surface area contributed by atoms with Gasteiger partial charge in [-0.2, -0.15) is 36.6 Å². The quantitative estimate of drug-likeness (QED) is 0.0574. The molecule has 0 heterocycles. The average molecular weight is 878 g/mol. The molecule has 0 unspecified atom stereocenters. The van der Waals surface area contributed by atoms with Gasteiger partial charge in [0.15, 0.2) is 0 Å². The van der Waals surface area contributed by atoms with E-state index >= 15 is 0 Å². The molecule has 0 aliphatic carbocycles. The molecular weight excluding hydrogens is 832 g/mol. The van der Waals surface area contributed by atoms with Crippen molar-refractivity contribution < 1.29 is 68.3 Å². The van der Waals surface area contributed by atoms with Crippen molar-refractivity contribution in [3.05, 3.63) is 67.8 Å². The molecule has 306 valence electrons. The van der Waals surface area contributed by atoms with E-state index in [1.54, 1.807) is 0 Å². The van der Waals surface area contributed by atoms with E-state index in [4.69, 9.17) is 21.0 Å². The molecule has 52 heavy (non-hydrogen) atoms. The molecule has 0 amide bonds. The summed E-state index contributed by atoms with van der Waals surface area (Å²) in [6, 6.07) is 5.14. The normalized spacial score (nSPS) is 10.9. The number of benzene rings is 2. The van der Waals surface area contributed by atoms with Crippen molar-refractivity contribution in [1.82, 2.24) is 11.2 Å². The Balaban J connectivity index is -0.000000132. The van der Waals surface area contributed by atoms with Crippen LogP contribution in [-0.2, 0) is 70.6 Å². The van der Waals surface area contributed by atoms with E-state index in [0.717, 1.165) is 24.3 Å². The molecule has 0 spiro atoms. The average Bonchev–Trinajstić information content (AvgIpc) is 3.11. The Bertz CT molecular complexity index is 1120. The summed E-state index contributed by atoms with van der Waals surface area (Å²) in [6.45, 7) is 28.4. The van der Waals surface area contributed by atoms with Crippen LogP contribution in [-0.4, -0.2) is 61.3 Å². The van der Waals surface area contributed by atoms with Crippen molar-refractivity contribution in [2.45, 2.75) is 77.5 Å². The van der Waals surface area contributed by atoms with Crippen LogP contribution in [0.15, 0.2) is 67.0 Å². The third kappa shape index (κ3) is 23.8. The first-order chi connectivity index (χ1) is 23.4. The standard InChI is InChI=1S/2C8H20N.2C7H5F3N2OS.2NO.2Ni/c2*1-5-9(6-2,7-3)8-4;2*8-7(9,10)4-1-2-6(14)5(3-4)11-12-13;2*1-2;;/h2*5-8H2,1-4H3;2*1-3,14H,(H,11,13);;;;/q2*+1;;;;;;/p-4. The predicted octanol–water partition coefficient (Wildman–Crippen LogP) is 9.25. The third-order valence-electron chi connectivity index (χ3n) is 8.24. The number of quaternary nitrogens is 2. The van der Waals surface area contributed by atoms with Crippen molar-refractivity contribution in [2.24, 2.45) is 20.8 Å². The Morgan fingerprint density at radius 2 is 0.750 bits per heavy atom. The number of halogens is 6. The van der Waals surface area contributed by atoms with Crippen LogP contribution in [0.1, 0.15) is 66.5 Å². The minimum absolute atomic E-state index is 0. The van der Waals surface area contributed by atoms with E-state index in [9.17, 15) is 36.8 Å². The van der Waals surface area contributed by atoms with Crippen LogP contribution in [0.4, 0.5) is 37.7 Å². The second-order valence-corrected chi connectivity index (χ2v) is 10.8. The topological polar surface area (TPSA) is 174 Å². The number of alkyl halides is 6. The van der Waals surface area contributed by atoms with Crippen LogP contribution in [0, 0.1) is 20.2 Å². The molecule has 2 radical (unpaired) electrons. The van der Waals surface area contributed by atoms with Gasteiger partial charge in [-0.25, -0.2) is 10.6 Å². The number of hydrogen-bond acceptors (Lipinski definition) is 10. The number of hydrogen-bond donors (Lipinski definition) is 0. The van der Waals surface area contributed by atoms with Crippen molar-refractivity contribution in [3.8, 4) is 0 Å². The Labute approximate surface area is 333 Å². The second kappa shape index (κ2) is 33.0. The summed E-state index contributed by atoms with van der Waals surface area (Å²) in [5.74, 6) is 0. The molecule has 2 rings (SSSR count). The summed E-state index contributed by atoms with van der Waals surface area (Å²) in [7, 11) is 0. The first kappa shape index (κ1) is 61.4. The fourth-order valence-corrected chi connectivity index (χ4v) is 4.65. The van der Waals surface area contributed by atoms with Gasteiger partial charge in [0, 0.05) is 33.0 Å². The number of nitroso groups, excluding NO2 is 2. The fraction of sp³-hybridized carbons (Fsp3) is 0.600. The molecule has 0 atom stereocenters. The summed E-state index contributed by atoms with van der Waals surface area (Å²) in [5.41, 5.74) is 9.19. The SMILES string of the molecule is CC[N+](CC)(CC)CC.CC[N+](CC)(CC)CC.[N]=O.[N]=O.[Ni].[Ni].[O-]N=Nc1cc(C(F)(F)F)ccc1[S-].[O-]N=Nc1cc(C(F)(F)F)ccc1[S-]. The summed E-state index contributed by atoms with van der Waals surface area (Å²) in [4.78, 5) is 14.6. The summed E-state index contributed by atoms with van der Waals surface area (Å²) in [5, 5.41) is 29.6. The molecule has 0 saturated heterocycles. The molecule has 22 heteroatoms. The van der Waals surface area contributed by atoms with Crippen molar-refractivity contribution in [3.63, 3.8) is 0 Å². The first-order valence-electron chi connectivity index (χ1n) is 15.3. The molecule has 0 aliphatic rings. The predicted molar refractivity (Wildman–Crippen MR) is 186 cm³/mol. The summed E-state index contributed by atoms with van der Waals surface area (Å²) < 4.78 is 75.5. The summed E-state index contributed by atoms with van der Waals surface area (Å²) in [6.07, 6.45) is -8.95. The van der Waals surface area contributed by atoms with Crippen LogP contribution in [0.25, 0.3) is 0 Å². The molecule has 0 aromatic heterocycles. The minimum Gasteiger partial charge on any atom is -0.778 e. The largest absolute Gasteiger partial charge is 0.778 e. The molecule has 0 fully saturated rings. The monoisotopic (exact) mass is 876 g/mol. The van der Waals surface area contributed by atoms with Gasteiger partial charge in [-0.1, -0.05) is 24.3 Å². The smallest absolute Gasteiger partial charge is 0.416 e. The van der Waals surface area contributed by atoms with Gasteiger partial charge in [0.25, 0.3) is 0 Å². The Morgan fingerprint density at radius 3 is 0.885 bits per heavy atom. The molecule has 0 bridgehead atoms. The maximum absolute atomic E-state index is 12.2. The van der Waals surface area contributed by atoms with E-state index in [-0.39, 0.29) is 54.1 Å². The van der Waals surface area contributed by atoms with Crippen LogP contribution in [0.3, 0.4) is 0 Å². The van der Waals surface area contributed by atoms with Crippen LogP contribution in [0.2, 0.25) is 0 Å². The minimum atomic E-state index is -4.48. The number of nitrogens with zero attached hydrogens (tertiary/aromatic N) is 8. The van der Waals surface area contributed by atoms with Crippen molar-refractivity contribution in [2.75, 3.05) is 52.4 Å². The Kier molecular flexibility index (Phi) is 38.9. The Hall–Kier alpha value is -2.63. The summed E-state index contributed by atoms with van der Waals surface area (Å²) >= 11 is 9.28. The van der Waals surface area contributed by atoms with E-state index in [2.05, 4.69) is 101 Å². The number of rotatable bonds is 10. The zero-order valence-corrected chi connectivity index (χ0v) is 33.7. The van der Waals surface area contributed by atoms with E-state index < -0.39 is 23.5 Å². The fourth-order valence-electron chi connectivity index (χ4n) is 4.31. The van der Waals surface area contributed by atoms with Gasteiger partial charge < -0.3 is 44.6 Å². The molecule has 0 N–H and O–H groups in total. The zero-order chi connectivity index (χ0) is 40.2. The maximum atomic E-state index is 12.2. The molecule has 2 aromatic rings. The Morgan fingerprint density at radius 1 is 0.538 bits per heavy atom. The molecule has 0 saturated carbocycles. The molecular formula is C30H46F6N8Ni2O4S2-2. The van der Waals surface area contributed by atoms with Gasteiger partial charge >= 0.3 is 12.4 Å². The van der Waals surface area contributed by atoms with Crippen molar-refractivity contribution in [1.29, 1.82) is 0 Å². The second-order valence-electron chi connectivity index (χ2n) is 9.94. The van der Waals surface area contributed by atoms with Crippen molar-refractivity contribution >= 4 is 36.6 Å². The zero-order valence-electron chi connectivity index (χ0n) is 30.0. The maximum Gasteiger partial charge on any atom is 0.416 e. The van der Waals surface area contributed by atoms with E-state index in [1.807, 2.05) is 0 Å². The molecule has 2 aromatic carbocycles. The van der Waals surface area contributed by atoms with Crippen LogP contribution < -0.4 is 11.2 Å². The molecule has 0 aliphatic heterocycles. The van der Waals surface area contributed by atoms with Gasteiger partial charge in [-0.05, 0) is 67.5 Å². The van der Waals surface area contributed by atoms with Gasteiger partial charge in [0.1, 0.15) is 11.2 Å². The first-order valence-corrected chi connectivity index (χ1v) is 16.1. The van der Waals surface area contributed by atoms with E-state index in [1.165, 1.54) is 61.3 Å². The van der Waals surface area contributed by atoms with Gasteiger partial charge in [-0.15, -0.1) is 19.6 Å². The third-order valence-corrected chi connectivity index (χ3v) is 8.93. The van der Waals surface area contributed by atoms with Crippen LogP contribution in [0.5, 0.6) is 0 Å². The van der Waals surface area contributed by atoms with E-state index in [0.29, 0.717) is 12.1 Å².